The standard InChI is InChI=1S/C15H18ClN3OS/c16-15-18-13(17-9-4-2-1-3-5-9)12-10-6-7-20-8-11(10)21-14(12)19-15/h9H,1-8H2,(H,17,18,19). The number of halogens is 1. The molecule has 0 spiro atoms. The number of nitrogens with one attached hydrogen (secondary N) is 1. The lowest BCUT2D eigenvalue weighted by atomic mass is 9.95. The van der Waals surface area contributed by atoms with E-state index >= 15 is 0 Å². The minimum atomic E-state index is 0.334. The Morgan fingerprint density at radius 2 is 2.05 bits per heavy atom. The number of aromatic nitrogens is 2. The molecule has 1 aliphatic heterocycles. The van der Waals surface area contributed by atoms with E-state index in [1.165, 1.54) is 47.9 Å². The van der Waals surface area contributed by atoms with Crippen molar-refractivity contribution in [1.82, 2.24) is 9.97 Å². The number of nitrogens with zero attached hydrogens (tertiary/aromatic N) is 2. The monoisotopic (exact) mass is 323 g/mol. The summed E-state index contributed by atoms with van der Waals surface area (Å²) in [5, 5.41) is 5.14. The van der Waals surface area contributed by atoms with Gasteiger partial charge < -0.3 is 10.1 Å². The molecule has 0 aromatic carbocycles. The molecule has 112 valence electrons. The van der Waals surface area contributed by atoms with E-state index in [9.17, 15) is 0 Å². The molecule has 3 heterocycles. The van der Waals surface area contributed by atoms with Gasteiger partial charge in [0.2, 0.25) is 5.28 Å². The molecule has 0 unspecified atom stereocenters. The van der Waals surface area contributed by atoms with Gasteiger partial charge in [-0.1, -0.05) is 19.3 Å². The van der Waals surface area contributed by atoms with Crippen LogP contribution >= 0.6 is 22.9 Å². The molecule has 1 aliphatic carbocycles. The third-order valence-electron chi connectivity index (χ3n) is 4.38. The number of hydrogen-bond donors (Lipinski definition) is 1. The van der Waals surface area contributed by atoms with Gasteiger partial charge in [-0.3, -0.25) is 0 Å². The Bertz CT molecular complexity index is 666. The van der Waals surface area contributed by atoms with Crippen molar-refractivity contribution in [3.05, 3.63) is 15.7 Å². The highest BCUT2D eigenvalue weighted by Gasteiger charge is 2.23. The molecule has 2 aromatic rings. The SMILES string of the molecule is Clc1nc(NC2CCCCC2)c2c3c(sc2n1)COCC3. The summed E-state index contributed by atoms with van der Waals surface area (Å²) < 4.78 is 5.55. The van der Waals surface area contributed by atoms with Gasteiger partial charge in [0, 0.05) is 10.9 Å². The molecule has 6 heteroatoms. The van der Waals surface area contributed by atoms with Gasteiger partial charge in [-0.05, 0) is 36.4 Å². The molecule has 2 aliphatic rings. The quantitative estimate of drug-likeness (QED) is 0.843. The van der Waals surface area contributed by atoms with E-state index < -0.39 is 0 Å². The van der Waals surface area contributed by atoms with Crippen molar-refractivity contribution in [2.24, 2.45) is 0 Å². The normalized spacial score (nSPS) is 19.7. The first-order chi connectivity index (χ1) is 10.3. The van der Waals surface area contributed by atoms with Crippen molar-refractivity contribution in [3.8, 4) is 0 Å². The first-order valence-electron chi connectivity index (χ1n) is 7.63. The molecule has 1 N–H and O–H groups in total. The minimum absolute atomic E-state index is 0.334. The van der Waals surface area contributed by atoms with Crippen LogP contribution in [0.15, 0.2) is 0 Å². The molecule has 0 saturated heterocycles. The van der Waals surface area contributed by atoms with Crippen molar-refractivity contribution < 1.29 is 4.74 Å². The van der Waals surface area contributed by atoms with E-state index in [1.54, 1.807) is 11.3 Å². The molecule has 0 atom stereocenters. The third kappa shape index (κ3) is 2.62. The summed E-state index contributed by atoms with van der Waals surface area (Å²) in [7, 11) is 0. The van der Waals surface area contributed by atoms with Crippen molar-refractivity contribution >= 4 is 39.0 Å². The molecule has 2 aromatic heterocycles. The van der Waals surface area contributed by atoms with Crippen molar-refractivity contribution in [3.63, 3.8) is 0 Å². The summed E-state index contributed by atoms with van der Waals surface area (Å²) in [5.41, 5.74) is 1.36. The van der Waals surface area contributed by atoms with Crippen LogP contribution in [0, 0.1) is 0 Å². The van der Waals surface area contributed by atoms with Crippen molar-refractivity contribution in [2.45, 2.75) is 51.2 Å². The summed E-state index contributed by atoms with van der Waals surface area (Å²) in [6.07, 6.45) is 7.34. The maximum absolute atomic E-state index is 6.12. The van der Waals surface area contributed by atoms with Gasteiger partial charge in [0.15, 0.2) is 0 Å². The van der Waals surface area contributed by atoms with Crippen molar-refractivity contribution in [1.29, 1.82) is 0 Å². The summed E-state index contributed by atoms with van der Waals surface area (Å²) in [6, 6.07) is 0.517. The van der Waals surface area contributed by atoms with Gasteiger partial charge in [0.05, 0.1) is 18.6 Å². The number of hydrogen-bond acceptors (Lipinski definition) is 5. The predicted molar refractivity (Wildman–Crippen MR) is 86.3 cm³/mol. The van der Waals surface area contributed by atoms with Gasteiger partial charge in [-0.15, -0.1) is 11.3 Å². The van der Waals surface area contributed by atoms with Crippen molar-refractivity contribution in [2.75, 3.05) is 11.9 Å². The molecule has 0 bridgehead atoms. The van der Waals surface area contributed by atoms with Crippen LogP contribution in [0.5, 0.6) is 0 Å². The third-order valence-corrected chi connectivity index (χ3v) is 5.65. The number of thiophene rings is 1. The number of rotatable bonds is 2. The van der Waals surface area contributed by atoms with Crippen LogP contribution in [0.2, 0.25) is 5.28 Å². The second-order valence-electron chi connectivity index (χ2n) is 5.81. The van der Waals surface area contributed by atoms with Crippen LogP contribution in [0.3, 0.4) is 0 Å². The molecule has 1 saturated carbocycles. The summed E-state index contributed by atoms with van der Waals surface area (Å²) in [6.45, 7) is 1.47. The topological polar surface area (TPSA) is 47.0 Å². The van der Waals surface area contributed by atoms with Crippen LogP contribution in [-0.4, -0.2) is 22.6 Å². The molecule has 21 heavy (non-hydrogen) atoms. The van der Waals surface area contributed by atoms with Gasteiger partial charge in [-0.25, -0.2) is 9.97 Å². The highest BCUT2D eigenvalue weighted by atomic mass is 35.5. The Hall–Kier alpha value is -0.910. The van der Waals surface area contributed by atoms with Crippen LogP contribution in [0.1, 0.15) is 42.5 Å². The molecule has 0 amide bonds. The number of fused-ring (bicyclic) bond motifs is 3. The van der Waals surface area contributed by atoms with E-state index in [0.717, 1.165) is 23.7 Å². The van der Waals surface area contributed by atoms with Gasteiger partial charge >= 0.3 is 0 Å². The second kappa shape index (κ2) is 5.71. The van der Waals surface area contributed by atoms with E-state index in [1.807, 2.05) is 0 Å². The average molecular weight is 324 g/mol. The summed E-state index contributed by atoms with van der Waals surface area (Å²) in [5.74, 6) is 0.927. The largest absolute Gasteiger partial charge is 0.376 e. The highest BCUT2D eigenvalue weighted by Crippen LogP contribution is 2.38. The van der Waals surface area contributed by atoms with Gasteiger partial charge in [0.1, 0.15) is 10.6 Å². The zero-order valence-electron chi connectivity index (χ0n) is 11.8. The Morgan fingerprint density at radius 1 is 1.19 bits per heavy atom. The predicted octanol–water partition coefficient (Wildman–Crippen LogP) is 4.16. The fourth-order valence-electron chi connectivity index (χ4n) is 3.34. The fourth-order valence-corrected chi connectivity index (χ4v) is 4.72. The summed E-state index contributed by atoms with van der Waals surface area (Å²) in [4.78, 5) is 11.2. The lowest BCUT2D eigenvalue weighted by Gasteiger charge is -2.24. The molecule has 0 radical (unpaired) electrons. The molecular formula is C15H18ClN3OS. The average Bonchev–Trinajstić information content (AvgIpc) is 2.86. The summed E-state index contributed by atoms with van der Waals surface area (Å²) >= 11 is 7.81. The maximum Gasteiger partial charge on any atom is 0.225 e. The van der Waals surface area contributed by atoms with E-state index in [-0.39, 0.29) is 0 Å². The lowest BCUT2D eigenvalue weighted by molar-refractivity contribution is 0.114. The Morgan fingerprint density at radius 3 is 2.90 bits per heavy atom. The van der Waals surface area contributed by atoms with E-state index in [4.69, 9.17) is 16.3 Å². The minimum Gasteiger partial charge on any atom is -0.376 e. The van der Waals surface area contributed by atoms with Gasteiger partial charge in [0.25, 0.3) is 0 Å². The fraction of sp³-hybridized carbons (Fsp3) is 0.600. The molecular weight excluding hydrogens is 306 g/mol. The Labute approximate surface area is 132 Å². The van der Waals surface area contributed by atoms with Crippen LogP contribution in [-0.2, 0) is 17.8 Å². The lowest BCUT2D eigenvalue weighted by Crippen LogP contribution is -2.23. The maximum atomic E-state index is 6.12. The first-order valence-corrected chi connectivity index (χ1v) is 8.83. The molecule has 1 fully saturated rings. The number of anilines is 1. The smallest absolute Gasteiger partial charge is 0.225 e. The zero-order valence-corrected chi connectivity index (χ0v) is 13.4. The van der Waals surface area contributed by atoms with Crippen LogP contribution in [0.25, 0.3) is 10.2 Å². The second-order valence-corrected chi connectivity index (χ2v) is 7.23. The van der Waals surface area contributed by atoms with E-state index in [0.29, 0.717) is 17.9 Å². The molecule has 4 rings (SSSR count). The first kappa shape index (κ1) is 13.7. The van der Waals surface area contributed by atoms with Gasteiger partial charge in [-0.2, -0.15) is 0 Å². The van der Waals surface area contributed by atoms with Crippen LogP contribution < -0.4 is 5.32 Å². The zero-order chi connectivity index (χ0) is 14.2. The highest BCUT2D eigenvalue weighted by molar-refractivity contribution is 7.19. The Balaban J connectivity index is 1.77. The number of ether oxygens (including phenoxy) is 1. The Kier molecular flexibility index (Phi) is 3.73. The van der Waals surface area contributed by atoms with Crippen LogP contribution in [0.4, 0.5) is 5.82 Å². The molecule has 4 nitrogen and oxygen atoms in total. The van der Waals surface area contributed by atoms with E-state index in [2.05, 4.69) is 15.3 Å².